The minimum Gasteiger partial charge on any atom is -0.501 e. The molecule has 9 rings (SSSR count). The van der Waals surface area contributed by atoms with Gasteiger partial charge < -0.3 is 14.0 Å². The first-order chi connectivity index (χ1) is 27.7. The molecule has 0 aliphatic heterocycles. The fraction of sp³-hybridized carbons (Fsp3) is 0.160. The standard InChI is InChI=1S/C35H27N2O.C15H18NSi.Ir/c1-35(2,3)28-19-12-16-24(23-13-5-4-6-14-23)32(28)37-30-21-9-8-20-29(30)36-34(37)27-18-11-17-26-25-15-7-10-22-31(25)38-33(26)27;1-12-5-7-13(8-6-12)15-10-9-14(11-16-15)17(2,3)4;/h4-17,19-22H,1-3H3;5-7,9-11H,1-4H3;/q2*-1;/i;1D3;. The van der Waals surface area contributed by atoms with Crippen molar-refractivity contribution in [2.45, 2.75) is 52.7 Å². The minimum absolute atomic E-state index is 0. The first kappa shape index (κ1) is 35.1. The zero-order valence-corrected chi connectivity index (χ0v) is 35.8. The zero-order chi connectivity index (χ0) is 40.8. The Morgan fingerprint density at radius 3 is 2.23 bits per heavy atom. The molecule has 0 N–H and O–H groups in total. The van der Waals surface area contributed by atoms with Crippen molar-refractivity contribution in [3.63, 3.8) is 0 Å². The molecule has 0 fully saturated rings. The molecular weight excluding hydrogens is 879 g/mol. The monoisotopic (exact) mass is 927 g/mol. The van der Waals surface area contributed by atoms with Crippen LogP contribution in [-0.2, 0) is 25.5 Å². The summed E-state index contributed by atoms with van der Waals surface area (Å²) in [6.07, 6.45) is 1.92. The topological polar surface area (TPSA) is 43.9 Å². The van der Waals surface area contributed by atoms with Crippen molar-refractivity contribution in [2.75, 3.05) is 0 Å². The molecule has 6 aromatic carbocycles. The molecule has 0 spiro atoms. The molecule has 281 valence electrons. The van der Waals surface area contributed by atoms with E-state index in [0.29, 0.717) is 5.56 Å². The summed E-state index contributed by atoms with van der Waals surface area (Å²) in [5.74, 6) is 0.824. The number of hydrogen-bond donors (Lipinski definition) is 0. The average Bonchev–Trinajstić information content (AvgIpc) is 3.79. The number of nitrogens with zero attached hydrogens (tertiary/aromatic N) is 3. The van der Waals surface area contributed by atoms with Crippen LogP contribution < -0.4 is 5.19 Å². The van der Waals surface area contributed by atoms with E-state index in [1.54, 1.807) is 12.1 Å². The molecule has 0 saturated heterocycles. The van der Waals surface area contributed by atoms with Gasteiger partial charge in [-0.05, 0) is 45.6 Å². The van der Waals surface area contributed by atoms with Crippen LogP contribution in [0.15, 0.2) is 150 Å². The summed E-state index contributed by atoms with van der Waals surface area (Å²) < 4.78 is 30.8. The average molecular weight is 927 g/mol. The molecule has 4 nitrogen and oxygen atoms in total. The number of fused-ring (bicyclic) bond motifs is 4. The van der Waals surface area contributed by atoms with Crippen LogP contribution in [0.5, 0.6) is 0 Å². The van der Waals surface area contributed by atoms with E-state index in [0.717, 1.165) is 61.3 Å². The van der Waals surface area contributed by atoms with Crippen LogP contribution >= 0.6 is 0 Å². The van der Waals surface area contributed by atoms with Gasteiger partial charge in [-0.25, -0.2) is 0 Å². The Bertz CT molecular complexity index is 2830. The molecule has 1 radical (unpaired) electrons. The summed E-state index contributed by atoms with van der Waals surface area (Å²) in [5, 5.41) is 3.47. The van der Waals surface area contributed by atoms with E-state index >= 15 is 0 Å². The summed E-state index contributed by atoms with van der Waals surface area (Å²) in [4.78, 5) is 9.68. The second-order valence-corrected chi connectivity index (χ2v) is 21.0. The first-order valence-corrected chi connectivity index (χ1v) is 22.2. The third-order valence-electron chi connectivity index (χ3n) is 9.99. The van der Waals surface area contributed by atoms with Crippen LogP contribution in [0.1, 0.15) is 36.0 Å². The summed E-state index contributed by atoms with van der Waals surface area (Å²) in [7, 11) is -1.34. The van der Waals surface area contributed by atoms with Gasteiger partial charge in [-0.3, -0.25) is 4.98 Å². The largest absolute Gasteiger partial charge is 0.501 e. The normalized spacial score (nSPS) is 12.7. The van der Waals surface area contributed by atoms with Crippen molar-refractivity contribution in [1.29, 1.82) is 0 Å². The Hall–Kier alpha value is -5.39. The third kappa shape index (κ3) is 7.57. The van der Waals surface area contributed by atoms with Crippen LogP contribution in [0.4, 0.5) is 0 Å². The van der Waals surface area contributed by atoms with Gasteiger partial charge in [-0.1, -0.05) is 149 Å². The maximum absolute atomic E-state index is 7.35. The van der Waals surface area contributed by atoms with Crippen molar-refractivity contribution >= 4 is 46.2 Å². The zero-order valence-electron chi connectivity index (χ0n) is 35.4. The van der Waals surface area contributed by atoms with Gasteiger partial charge in [0.25, 0.3) is 0 Å². The fourth-order valence-electron chi connectivity index (χ4n) is 7.10. The molecule has 0 atom stereocenters. The predicted molar refractivity (Wildman–Crippen MR) is 233 cm³/mol. The van der Waals surface area contributed by atoms with Crippen molar-refractivity contribution in [1.82, 2.24) is 14.5 Å². The Balaban J connectivity index is 0.000000214. The number of hydrogen-bond acceptors (Lipinski definition) is 3. The molecule has 3 aromatic heterocycles. The second kappa shape index (κ2) is 15.6. The van der Waals surface area contributed by atoms with E-state index in [-0.39, 0.29) is 25.5 Å². The molecule has 56 heavy (non-hydrogen) atoms. The summed E-state index contributed by atoms with van der Waals surface area (Å²) >= 11 is 0. The number of aryl methyl sites for hydroxylation is 1. The van der Waals surface area contributed by atoms with E-state index in [4.69, 9.17) is 13.5 Å². The van der Waals surface area contributed by atoms with Crippen molar-refractivity contribution in [2.24, 2.45) is 0 Å². The SMILES string of the molecule is CC(C)(C)c1cccc(-c2ccccc2)c1-n1c(-c2[c-]ccc3c2oc2ccccc23)nc2ccccc21.[2H]C([2H])([2H])c1c[c-]c(-c2ccc([Si](C)(C)C)cn2)cc1.[Ir]. The third-order valence-corrected chi connectivity index (χ3v) is 12.0. The number of pyridine rings is 1. The van der Waals surface area contributed by atoms with Gasteiger partial charge in [-0.15, -0.1) is 53.6 Å². The van der Waals surface area contributed by atoms with Gasteiger partial charge in [0, 0.05) is 41.4 Å². The Morgan fingerprint density at radius 1 is 0.750 bits per heavy atom. The van der Waals surface area contributed by atoms with Crippen molar-refractivity contribution < 1.29 is 28.6 Å². The Morgan fingerprint density at radius 2 is 1.52 bits per heavy atom. The van der Waals surface area contributed by atoms with E-state index < -0.39 is 14.9 Å². The number of imidazole rings is 1. The molecule has 3 heterocycles. The van der Waals surface area contributed by atoms with Crippen LogP contribution in [-0.4, -0.2) is 22.6 Å². The Labute approximate surface area is 348 Å². The van der Waals surface area contributed by atoms with Gasteiger partial charge in [0.05, 0.1) is 36.2 Å². The van der Waals surface area contributed by atoms with Crippen molar-refractivity contribution in [3.05, 3.63) is 169 Å². The number of rotatable bonds is 5. The van der Waals surface area contributed by atoms with E-state index in [1.165, 1.54) is 27.9 Å². The van der Waals surface area contributed by atoms with E-state index in [1.807, 2.05) is 36.5 Å². The molecular formula is C50H45IrN3OSi-2. The van der Waals surface area contributed by atoms with E-state index in [9.17, 15) is 0 Å². The number of para-hydroxylation sites is 4. The predicted octanol–water partition coefficient (Wildman–Crippen LogP) is 12.8. The quantitative estimate of drug-likeness (QED) is 0.128. The van der Waals surface area contributed by atoms with Gasteiger partial charge in [0.2, 0.25) is 0 Å². The first-order valence-electron chi connectivity index (χ1n) is 20.2. The molecule has 0 aliphatic carbocycles. The molecule has 0 amide bonds. The summed E-state index contributed by atoms with van der Waals surface area (Å²) in [5.41, 5.74) is 11.1. The molecule has 0 unspecified atom stereocenters. The maximum Gasteiger partial charge on any atom is 0.120 e. The molecule has 0 bridgehead atoms. The van der Waals surface area contributed by atoms with Gasteiger partial charge in [-0.2, -0.15) is 0 Å². The van der Waals surface area contributed by atoms with Crippen molar-refractivity contribution in [3.8, 4) is 39.5 Å². The van der Waals surface area contributed by atoms with Gasteiger partial charge in [0.1, 0.15) is 5.58 Å². The number of furan rings is 1. The fourth-order valence-corrected chi connectivity index (χ4v) is 8.13. The molecule has 0 aliphatic rings. The summed E-state index contributed by atoms with van der Waals surface area (Å²) in [6.45, 7) is 11.6. The van der Waals surface area contributed by atoms with Gasteiger partial charge >= 0.3 is 0 Å². The van der Waals surface area contributed by atoms with Gasteiger partial charge in [0.15, 0.2) is 0 Å². The molecule has 9 aromatic rings. The number of aromatic nitrogens is 3. The van der Waals surface area contributed by atoms with Crippen LogP contribution in [0.3, 0.4) is 0 Å². The van der Waals surface area contributed by atoms with Crippen LogP contribution in [0.25, 0.3) is 72.4 Å². The second-order valence-electron chi connectivity index (χ2n) is 15.9. The molecule has 0 saturated carbocycles. The minimum atomic E-state index is -2.08. The van der Waals surface area contributed by atoms with E-state index in [2.05, 4.69) is 153 Å². The summed E-state index contributed by atoms with van der Waals surface area (Å²) in [6, 6.07) is 53.3. The van der Waals surface area contributed by atoms with Crippen LogP contribution in [0.2, 0.25) is 19.6 Å². The Kier molecular flexibility index (Phi) is 9.78. The number of benzene rings is 6. The van der Waals surface area contributed by atoms with Crippen LogP contribution in [0, 0.1) is 19.0 Å². The maximum atomic E-state index is 7.35. The molecule has 6 heteroatoms. The smallest absolute Gasteiger partial charge is 0.120 e.